The molecule has 0 aromatic carbocycles. The molecule has 1 heterocycles. The summed E-state index contributed by atoms with van der Waals surface area (Å²) in [6, 6.07) is 0. The first-order valence-electron chi connectivity index (χ1n) is 7.31. The van der Waals surface area contributed by atoms with Gasteiger partial charge in [-0.3, -0.25) is 0 Å². The third-order valence-corrected chi connectivity index (χ3v) is 5.09. The van der Waals surface area contributed by atoms with E-state index in [1.165, 1.54) is 19.3 Å². The molecule has 3 aliphatic rings. The summed E-state index contributed by atoms with van der Waals surface area (Å²) in [6.07, 6.45) is 5.78. The zero-order valence-corrected chi connectivity index (χ0v) is 12.1. The molecule has 3 heteroatoms. The average Bonchev–Trinajstić information content (AvgIpc) is 2.81. The molecular weight excluding hydrogens is 228 g/mol. The second-order valence-corrected chi connectivity index (χ2v) is 7.40. The largest absolute Gasteiger partial charge is 0.372 e. The molecule has 1 aliphatic heterocycles. The van der Waals surface area contributed by atoms with Crippen molar-refractivity contribution in [1.29, 1.82) is 0 Å². The molecule has 0 bridgehead atoms. The molecule has 1 saturated heterocycles. The first-order valence-corrected chi connectivity index (χ1v) is 7.31. The van der Waals surface area contributed by atoms with Crippen molar-refractivity contribution in [2.24, 2.45) is 11.3 Å². The van der Waals surface area contributed by atoms with Gasteiger partial charge in [0.1, 0.15) is 6.79 Å². The monoisotopic (exact) mass is 254 g/mol. The van der Waals surface area contributed by atoms with Crippen LogP contribution in [0.1, 0.15) is 53.4 Å². The first-order chi connectivity index (χ1) is 8.40. The van der Waals surface area contributed by atoms with Gasteiger partial charge in [0.2, 0.25) is 0 Å². The molecule has 0 aromatic rings. The molecule has 0 amide bonds. The van der Waals surface area contributed by atoms with Crippen LogP contribution >= 0.6 is 0 Å². The molecule has 5 atom stereocenters. The van der Waals surface area contributed by atoms with Crippen LogP contribution in [0, 0.1) is 11.3 Å². The molecule has 3 fully saturated rings. The molecule has 0 N–H and O–H groups in total. The van der Waals surface area contributed by atoms with Crippen LogP contribution in [0.5, 0.6) is 0 Å². The first kappa shape index (κ1) is 12.9. The van der Waals surface area contributed by atoms with Crippen molar-refractivity contribution < 1.29 is 14.2 Å². The van der Waals surface area contributed by atoms with Crippen molar-refractivity contribution in [1.82, 2.24) is 0 Å². The third kappa shape index (κ3) is 2.00. The highest BCUT2D eigenvalue weighted by Gasteiger charge is 2.57. The third-order valence-electron chi connectivity index (χ3n) is 5.09. The van der Waals surface area contributed by atoms with Gasteiger partial charge in [-0.2, -0.15) is 0 Å². The summed E-state index contributed by atoms with van der Waals surface area (Å²) in [4.78, 5) is 0. The second-order valence-electron chi connectivity index (χ2n) is 7.40. The number of hydrogen-bond acceptors (Lipinski definition) is 3. The molecule has 2 aliphatic carbocycles. The van der Waals surface area contributed by atoms with E-state index in [1.54, 1.807) is 0 Å². The van der Waals surface area contributed by atoms with E-state index in [-0.39, 0.29) is 11.0 Å². The second kappa shape index (κ2) is 4.19. The van der Waals surface area contributed by atoms with Crippen molar-refractivity contribution in [2.75, 3.05) is 6.79 Å². The van der Waals surface area contributed by atoms with Crippen molar-refractivity contribution in [3.63, 3.8) is 0 Å². The average molecular weight is 254 g/mol. The molecule has 0 aromatic heterocycles. The maximum atomic E-state index is 6.32. The zero-order valence-electron chi connectivity index (χ0n) is 12.1. The van der Waals surface area contributed by atoms with Crippen LogP contribution in [0.15, 0.2) is 0 Å². The van der Waals surface area contributed by atoms with Gasteiger partial charge in [0.25, 0.3) is 0 Å². The summed E-state index contributed by atoms with van der Waals surface area (Å²) in [5, 5.41) is 0. The van der Waals surface area contributed by atoms with Gasteiger partial charge >= 0.3 is 0 Å². The van der Waals surface area contributed by atoms with Crippen molar-refractivity contribution in [2.45, 2.75) is 77.3 Å². The van der Waals surface area contributed by atoms with Crippen LogP contribution in [-0.4, -0.2) is 30.7 Å². The lowest BCUT2D eigenvalue weighted by molar-refractivity contribution is -0.134. The van der Waals surface area contributed by atoms with Crippen LogP contribution in [0.2, 0.25) is 0 Å². The maximum Gasteiger partial charge on any atom is 0.147 e. The van der Waals surface area contributed by atoms with Gasteiger partial charge in [-0.1, -0.05) is 6.92 Å². The van der Waals surface area contributed by atoms with E-state index in [0.29, 0.717) is 31.0 Å². The summed E-state index contributed by atoms with van der Waals surface area (Å²) in [5.41, 5.74) is 0.231. The van der Waals surface area contributed by atoms with E-state index in [9.17, 15) is 0 Å². The lowest BCUT2D eigenvalue weighted by Crippen LogP contribution is -2.49. The fourth-order valence-corrected chi connectivity index (χ4v) is 4.22. The standard InChI is InChI=1S/C15H26O3/c1-14(2,3)18-12-6-5-10-13-11(16-9-17-13)7-8-15(10,12)4/h10-13H,5-9H2,1-4H3/t10-,11-,12-,13+,15-/m0/s1. The predicted octanol–water partition coefficient (Wildman–Crippen LogP) is 3.12. The highest BCUT2D eigenvalue weighted by molar-refractivity contribution is 5.05. The Morgan fingerprint density at radius 2 is 1.89 bits per heavy atom. The Morgan fingerprint density at radius 3 is 2.61 bits per heavy atom. The SMILES string of the molecule is CC(C)(C)O[C@H]1CC[C@H]2[C@H]3OCO[C@H]3CC[C@]12C. The molecular formula is C15H26O3. The lowest BCUT2D eigenvalue weighted by atomic mass is 9.66. The van der Waals surface area contributed by atoms with Gasteiger partial charge in [0, 0.05) is 0 Å². The van der Waals surface area contributed by atoms with E-state index in [1.807, 2.05) is 0 Å². The number of ether oxygens (including phenoxy) is 3. The van der Waals surface area contributed by atoms with Gasteiger partial charge < -0.3 is 14.2 Å². The van der Waals surface area contributed by atoms with E-state index in [0.717, 1.165) is 6.42 Å². The van der Waals surface area contributed by atoms with E-state index >= 15 is 0 Å². The molecule has 0 spiro atoms. The van der Waals surface area contributed by atoms with Gasteiger partial charge in [0.05, 0.1) is 23.9 Å². The van der Waals surface area contributed by atoms with E-state index in [4.69, 9.17) is 14.2 Å². The van der Waals surface area contributed by atoms with Crippen LogP contribution in [0.25, 0.3) is 0 Å². The summed E-state index contributed by atoms with van der Waals surface area (Å²) < 4.78 is 17.8. The smallest absolute Gasteiger partial charge is 0.147 e. The van der Waals surface area contributed by atoms with E-state index in [2.05, 4.69) is 27.7 Å². The minimum Gasteiger partial charge on any atom is -0.372 e. The molecule has 0 unspecified atom stereocenters. The van der Waals surface area contributed by atoms with Crippen LogP contribution < -0.4 is 0 Å². The Bertz CT molecular complexity index is 322. The molecule has 3 nitrogen and oxygen atoms in total. The maximum absolute atomic E-state index is 6.32. The lowest BCUT2D eigenvalue weighted by Gasteiger charge is -2.45. The number of fused-ring (bicyclic) bond motifs is 3. The molecule has 3 rings (SSSR count). The normalized spacial score (nSPS) is 48.0. The highest BCUT2D eigenvalue weighted by Crippen LogP contribution is 2.56. The summed E-state index contributed by atoms with van der Waals surface area (Å²) in [6.45, 7) is 9.37. The topological polar surface area (TPSA) is 27.7 Å². The van der Waals surface area contributed by atoms with E-state index < -0.39 is 0 Å². The Morgan fingerprint density at radius 1 is 1.11 bits per heavy atom. The fraction of sp³-hybridized carbons (Fsp3) is 1.00. The summed E-state index contributed by atoms with van der Waals surface area (Å²) in [5.74, 6) is 0.617. The summed E-state index contributed by atoms with van der Waals surface area (Å²) >= 11 is 0. The molecule has 0 radical (unpaired) electrons. The van der Waals surface area contributed by atoms with Crippen molar-refractivity contribution >= 4 is 0 Å². The molecule has 104 valence electrons. The Balaban J connectivity index is 1.78. The van der Waals surface area contributed by atoms with Gasteiger partial charge in [-0.15, -0.1) is 0 Å². The van der Waals surface area contributed by atoms with Crippen LogP contribution in [-0.2, 0) is 14.2 Å². The Kier molecular flexibility index (Phi) is 3.00. The highest BCUT2D eigenvalue weighted by atomic mass is 16.7. The van der Waals surface area contributed by atoms with Crippen LogP contribution in [0.4, 0.5) is 0 Å². The minimum absolute atomic E-state index is 0.0492. The summed E-state index contributed by atoms with van der Waals surface area (Å²) in [7, 11) is 0. The van der Waals surface area contributed by atoms with Gasteiger partial charge in [0.15, 0.2) is 0 Å². The van der Waals surface area contributed by atoms with Gasteiger partial charge in [-0.25, -0.2) is 0 Å². The predicted molar refractivity (Wildman–Crippen MR) is 69.3 cm³/mol. The Hall–Kier alpha value is -0.120. The van der Waals surface area contributed by atoms with Crippen molar-refractivity contribution in [3.05, 3.63) is 0 Å². The van der Waals surface area contributed by atoms with Gasteiger partial charge in [-0.05, 0) is 57.8 Å². The zero-order chi connectivity index (χ0) is 13.0. The molecule has 18 heavy (non-hydrogen) atoms. The molecule has 2 saturated carbocycles. The fourth-order valence-electron chi connectivity index (χ4n) is 4.22. The Labute approximate surface area is 110 Å². The number of rotatable bonds is 1. The van der Waals surface area contributed by atoms with Crippen LogP contribution in [0.3, 0.4) is 0 Å². The van der Waals surface area contributed by atoms with Crippen molar-refractivity contribution in [3.8, 4) is 0 Å². The quantitative estimate of drug-likeness (QED) is 0.719. The number of hydrogen-bond donors (Lipinski definition) is 0. The minimum atomic E-state index is -0.0492.